The van der Waals surface area contributed by atoms with E-state index in [2.05, 4.69) is 21.4 Å². The van der Waals surface area contributed by atoms with E-state index in [9.17, 15) is 9.65 Å². The summed E-state index contributed by atoms with van der Waals surface area (Å²) in [6.07, 6.45) is 2.49. The number of halogens is 2. The van der Waals surface area contributed by atoms with Crippen LogP contribution >= 0.6 is 0 Å². The van der Waals surface area contributed by atoms with Crippen LogP contribution in [-0.2, 0) is 7.05 Å². The van der Waals surface area contributed by atoms with Gasteiger partial charge in [-0.15, -0.1) is 5.10 Å². The van der Waals surface area contributed by atoms with E-state index in [0.29, 0.717) is 58.0 Å². The minimum absolute atomic E-state index is 0.148. The van der Waals surface area contributed by atoms with Gasteiger partial charge in [0.25, 0.3) is 0 Å². The predicted octanol–water partition coefficient (Wildman–Crippen LogP) is 3.23. The summed E-state index contributed by atoms with van der Waals surface area (Å²) in [6.45, 7) is 0.579. The molecule has 5 aromatic rings. The number of benzene rings is 2. The van der Waals surface area contributed by atoms with Crippen LogP contribution < -0.4 is 10.6 Å². The molecule has 0 aliphatic carbocycles. The molecule has 0 unspecified atom stereocenters. The molecule has 11 heteroatoms. The first kappa shape index (κ1) is 22.1. The summed E-state index contributed by atoms with van der Waals surface area (Å²) >= 11 is 0. The van der Waals surface area contributed by atoms with Gasteiger partial charge in [0.1, 0.15) is 17.5 Å². The van der Waals surface area contributed by atoms with Crippen molar-refractivity contribution in [2.75, 3.05) is 18.0 Å². The van der Waals surface area contributed by atoms with E-state index in [1.165, 1.54) is 10.7 Å². The Morgan fingerprint density at radius 2 is 1.97 bits per heavy atom. The molecule has 1 aliphatic heterocycles. The van der Waals surface area contributed by atoms with Gasteiger partial charge in [0, 0.05) is 49.2 Å². The zero-order valence-electron chi connectivity index (χ0n) is 19.3. The molecular formula is C25H21F2N9. The predicted molar refractivity (Wildman–Crippen MR) is 130 cm³/mol. The van der Waals surface area contributed by atoms with Crippen molar-refractivity contribution in [3.8, 4) is 28.6 Å². The number of aromatic nitrogens is 6. The second-order valence-electron chi connectivity index (χ2n) is 8.97. The van der Waals surface area contributed by atoms with Crippen molar-refractivity contribution in [3.63, 3.8) is 0 Å². The number of piperidine rings is 1. The van der Waals surface area contributed by atoms with Crippen molar-refractivity contribution >= 4 is 22.5 Å². The molecule has 4 heterocycles. The Hall–Kier alpha value is -4.43. The van der Waals surface area contributed by atoms with E-state index >= 15 is 4.39 Å². The van der Waals surface area contributed by atoms with Crippen LogP contribution in [0.25, 0.3) is 39.2 Å². The lowest BCUT2D eigenvalue weighted by Gasteiger charge is -2.33. The van der Waals surface area contributed by atoms with Crippen LogP contribution in [0.15, 0.2) is 48.8 Å². The molecule has 0 amide bonds. The molecule has 0 bridgehead atoms. The van der Waals surface area contributed by atoms with Gasteiger partial charge in [0.15, 0.2) is 11.5 Å². The van der Waals surface area contributed by atoms with Crippen molar-refractivity contribution in [2.45, 2.75) is 18.6 Å². The third-order valence-corrected chi connectivity index (χ3v) is 6.50. The van der Waals surface area contributed by atoms with E-state index in [1.54, 1.807) is 59.1 Å². The molecule has 1 fully saturated rings. The Morgan fingerprint density at radius 1 is 1.17 bits per heavy atom. The molecule has 2 atom stereocenters. The maximum Gasteiger partial charge on any atom is 0.181 e. The van der Waals surface area contributed by atoms with Crippen molar-refractivity contribution < 1.29 is 8.78 Å². The minimum atomic E-state index is -1.08. The normalized spacial score (nSPS) is 18.1. The second kappa shape index (κ2) is 8.35. The first-order valence-corrected chi connectivity index (χ1v) is 11.4. The number of aryl methyl sites for hydroxylation is 1. The molecule has 6 rings (SSSR count). The molecule has 1 aliphatic rings. The highest BCUT2D eigenvalue weighted by molar-refractivity contribution is 5.89. The Kier molecular flexibility index (Phi) is 5.12. The van der Waals surface area contributed by atoms with Gasteiger partial charge in [0.05, 0.1) is 35.1 Å². The lowest BCUT2D eigenvalue weighted by molar-refractivity contribution is 0.268. The molecule has 0 spiro atoms. The van der Waals surface area contributed by atoms with Crippen LogP contribution in [0.3, 0.4) is 0 Å². The summed E-state index contributed by atoms with van der Waals surface area (Å²) in [6, 6.07) is 11.7. The second-order valence-corrected chi connectivity index (χ2v) is 8.97. The van der Waals surface area contributed by atoms with E-state index in [0.717, 1.165) is 0 Å². The molecular weight excluding hydrogens is 464 g/mol. The largest absolute Gasteiger partial charge is 0.349 e. The third-order valence-electron chi connectivity index (χ3n) is 6.50. The maximum absolute atomic E-state index is 15.6. The lowest BCUT2D eigenvalue weighted by Crippen LogP contribution is -2.48. The van der Waals surface area contributed by atoms with Crippen LogP contribution in [-0.4, -0.2) is 54.7 Å². The fraction of sp³-hybridized carbons (Fsp3) is 0.240. The topological polar surface area (TPSA) is 114 Å². The van der Waals surface area contributed by atoms with Crippen molar-refractivity contribution in [3.05, 3.63) is 60.2 Å². The van der Waals surface area contributed by atoms with Crippen LogP contribution in [0.4, 0.5) is 14.6 Å². The Bertz CT molecular complexity index is 1640. The smallest absolute Gasteiger partial charge is 0.181 e. The van der Waals surface area contributed by atoms with Crippen molar-refractivity contribution in [1.29, 1.82) is 5.26 Å². The quantitative estimate of drug-likeness (QED) is 0.417. The monoisotopic (exact) mass is 485 g/mol. The number of nitrogens with two attached hydrogens (primary N) is 1. The fourth-order valence-corrected chi connectivity index (χ4v) is 4.83. The standard InChI is InChI=1S/C25H21F2N9/c1-34-21-10-19(27)18(9-20(21)32-33-34)23-22(15-4-2-14(11-28)3-5-15)31-25-24(30-6-7-36(23)25)35-12-16(26)8-17(29)13-35/h2-7,9-10,16-17H,8,12-13,29H2,1H3/t16-,17-/m1/s1. The van der Waals surface area contributed by atoms with Crippen LogP contribution in [0.2, 0.25) is 0 Å². The highest BCUT2D eigenvalue weighted by Gasteiger charge is 2.29. The van der Waals surface area contributed by atoms with Gasteiger partial charge >= 0.3 is 0 Å². The summed E-state index contributed by atoms with van der Waals surface area (Å²) in [7, 11) is 1.70. The lowest BCUT2D eigenvalue weighted by atomic mass is 10.0. The van der Waals surface area contributed by atoms with Crippen LogP contribution in [0.1, 0.15) is 12.0 Å². The number of rotatable bonds is 3. The van der Waals surface area contributed by atoms with E-state index < -0.39 is 12.0 Å². The number of hydrogen-bond acceptors (Lipinski definition) is 7. The highest BCUT2D eigenvalue weighted by Crippen LogP contribution is 2.37. The van der Waals surface area contributed by atoms with Crippen molar-refractivity contribution in [1.82, 2.24) is 29.4 Å². The number of anilines is 1. The highest BCUT2D eigenvalue weighted by atomic mass is 19.1. The number of hydrogen-bond donors (Lipinski definition) is 1. The first-order chi connectivity index (χ1) is 17.4. The van der Waals surface area contributed by atoms with Gasteiger partial charge in [-0.3, -0.25) is 4.40 Å². The van der Waals surface area contributed by atoms with Gasteiger partial charge in [0.2, 0.25) is 0 Å². The summed E-state index contributed by atoms with van der Waals surface area (Å²) in [4.78, 5) is 11.2. The fourth-order valence-electron chi connectivity index (χ4n) is 4.83. The third kappa shape index (κ3) is 3.54. The number of nitriles is 1. The first-order valence-electron chi connectivity index (χ1n) is 11.4. The minimum Gasteiger partial charge on any atom is -0.349 e. The summed E-state index contributed by atoms with van der Waals surface area (Å²) in [5, 5.41) is 17.4. The Labute approximate surface area is 204 Å². The number of nitrogens with zero attached hydrogens (tertiary/aromatic N) is 8. The average molecular weight is 486 g/mol. The summed E-state index contributed by atoms with van der Waals surface area (Å²) < 4.78 is 33.2. The number of fused-ring (bicyclic) bond motifs is 2. The molecule has 2 aromatic carbocycles. The van der Waals surface area contributed by atoms with Gasteiger partial charge in [-0.25, -0.2) is 23.4 Å². The SMILES string of the molecule is Cn1nnc2cc(-c3c(-c4ccc(C#N)cc4)nc4c(N5C[C@H](N)C[C@@H](F)C5)nccn34)c(F)cc21. The van der Waals surface area contributed by atoms with E-state index in [1.807, 2.05) is 0 Å². The van der Waals surface area contributed by atoms with E-state index in [-0.39, 0.29) is 18.2 Å². The van der Waals surface area contributed by atoms with Gasteiger partial charge < -0.3 is 10.6 Å². The van der Waals surface area contributed by atoms with Gasteiger partial charge in [-0.2, -0.15) is 5.26 Å². The zero-order chi connectivity index (χ0) is 25.0. The zero-order valence-corrected chi connectivity index (χ0v) is 19.3. The van der Waals surface area contributed by atoms with Crippen LogP contribution in [0.5, 0.6) is 0 Å². The number of imidazole rings is 1. The average Bonchev–Trinajstić information content (AvgIpc) is 3.43. The maximum atomic E-state index is 15.6. The Balaban J connectivity index is 1.62. The molecule has 0 saturated carbocycles. The molecule has 3 aromatic heterocycles. The van der Waals surface area contributed by atoms with Crippen molar-refractivity contribution in [2.24, 2.45) is 12.8 Å². The van der Waals surface area contributed by atoms with Gasteiger partial charge in [-0.05, 0) is 24.6 Å². The van der Waals surface area contributed by atoms with E-state index in [4.69, 9.17) is 10.7 Å². The summed E-state index contributed by atoms with van der Waals surface area (Å²) in [5.74, 6) is 0.00390. The molecule has 36 heavy (non-hydrogen) atoms. The molecule has 0 radical (unpaired) electrons. The summed E-state index contributed by atoms with van der Waals surface area (Å²) in [5.41, 5.74) is 10.1. The van der Waals surface area contributed by atoms with Crippen LogP contribution in [0, 0.1) is 17.1 Å². The number of alkyl halides is 1. The molecule has 180 valence electrons. The van der Waals surface area contributed by atoms with Gasteiger partial charge in [-0.1, -0.05) is 17.3 Å². The molecule has 1 saturated heterocycles. The molecule has 9 nitrogen and oxygen atoms in total. The molecule has 2 N–H and O–H groups in total. The Morgan fingerprint density at radius 3 is 2.72 bits per heavy atom.